The number of pyridine rings is 1. The van der Waals surface area contributed by atoms with Crippen molar-refractivity contribution < 1.29 is 14.0 Å². The number of aromatic nitrogens is 1. The van der Waals surface area contributed by atoms with Crippen molar-refractivity contribution in [2.75, 3.05) is 18.2 Å². The molecule has 1 aromatic heterocycles. The Morgan fingerprint density at radius 2 is 1.90 bits per heavy atom. The highest BCUT2D eigenvalue weighted by Gasteiger charge is 2.36. The largest absolute Gasteiger partial charge is 0.354 e. The molecule has 0 bridgehead atoms. The number of carbonyl (C=O) groups excluding carboxylic acids is 2. The molecule has 1 aliphatic heterocycles. The van der Waals surface area contributed by atoms with Gasteiger partial charge >= 0.3 is 0 Å². The van der Waals surface area contributed by atoms with E-state index in [4.69, 9.17) is 0 Å². The molecule has 0 radical (unpaired) electrons. The van der Waals surface area contributed by atoms with Crippen LogP contribution >= 0.6 is 11.8 Å². The topological polar surface area (TPSA) is 62.3 Å². The summed E-state index contributed by atoms with van der Waals surface area (Å²) in [5.74, 6) is 1.07. The molecule has 3 aromatic rings. The third-order valence-electron chi connectivity index (χ3n) is 5.79. The summed E-state index contributed by atoms with van der Waals surface area (Å²) in [5, 5.41) is 3.75. The summed E-state index contributed by atoms with van der Waals surface area (Å²) >= 11 is 1.59. The van der Waals surface area contributed by atoms with E-state index in [1.165, 1.54) is 12.1 Å². The van der Waals surface area contributed by atoms with Gasteiger partial charge in [0.1, 0.15) is 11.9 Å². The number of nitrogens with zero attached hydrogens (tertiary/aromatic N) is 2. The fourth-order valence-electron chi connectivity index (χ4n) is 3.82. The van der Waals surface area contributed by atoms with Gasteiger partial charge in [0.05, 0.1) is 22.7 Å². The number of carbonyl (C=O) groups is 2. The molecule has 1 aliphatic carbocycles. The van der Waals surface area contributed by atoms with E-state index < -0.39 is 6.04 Å². The lowest BCUT2D eigenvalue weighted by atomic mass is 10.0. The zero-order chi connectivity index (χ0) is 21.4. The van der Waals surface area contributed by atoms with E-state index in [0.717, 1.165) is 23.8 Å². The van der Waals surface area contributed by atoms with E-state index in [1.54, 1.807) is 34.9 Å². The van der Waals surface area contributed by atoms with Crippen molar-refractivity contribution in [1.82, 2.24) is 15.2 Å². The van der Waals surface area contributed by atoms with Crippen LogP contribution in [0.15, 0.2) is 54.6 Å². The first kappa shape index (κ1) is 20.0. The van der Waals surface area contributed by atoms with Crippen molar-refractivity contribution in [2.45, 2.75) is 18.9 Å². The Labute approximate surface area is 184 Å². The first-order chi connectivity index (χ1) is 15.1. The summed E-state index contributed by atoms with van der Waals surface area (Å²) in [4.78, 5) is 32.7. The quantitative estimate of drug-likeness (QED) is 0.656. The van der Waals surface area contributed by atoms with E-state index in [0.29, 0.717) is 40.9 Å². The number of rotatable bonds is 5. The second kappa shape index (κ2) is 8.30. The van der Waals surface area contributed by atoms with Gasteiger partial charge in [-0.25, -0.2) is 9.37 Å². The number of hydrogen-bond acceptors (Lipinski definition) is 4. The Hall–Kier alpha value is -2.93. The smallest absolute Gasteiger partial charge is 0.256 e. The van der Waals surface area contributed by atoms with Crippen LogP contribution in [0.4, 0.5) is 4.39 Å². The number of benzene rings is 2. The lowest BCUT2D eigenvalue weighted by Crippen LogP contribution is -2.47. The van der Waals surface area contributed by atoms with Gasteiger partial charge in [0.2, 0.25) is 5.91 Å². The molecular weight excluding hydrogens is 413 g/mol. The molecule has 5 nitrogen and oxygen atoms in total. The van der Waals surface area contributed by atoms with Gasteiger partial charge in [0.15, 0.2) is 0 Å². The van der Waals surface area contributed by atoms with Gasteiger partial charge < -0.3 is 10.2 Å². The lowest BCUT2D eigenvalue weighted by Gasteiger charge is -2.24. The zero-order valence-corrected chi connectivity index (χ0v) is 17.7. The average molecular weight is 436 g/mol. The lowest BCUT2D eigenvalue weighted by molar-refractivity contribution is -0.124. The molecular formula is C24H22FN3O2S. The molecule has 2 aromatic carbocycles. The molecule has 2 heterocycles. The predicted octanol–water partition coefficient (Wildman–Crippen LogP) is 4.08. The monoisotopic (exact) mass is 435 g/mol. The van der Waals surface area contributed by atoms with Crippen LogP contribution in [0, 0.1) is 11.7 Å². The highest BCUT2D eigenvalue weighted by Crippen LogP contribution is 2.30. The molecule has 2 amide bonds. The van der Waals surface area contributed by atoms with Crippen LogP contribution in [-0.2, 0) is 4.79 Å². The molecule has 5 rings (SSSR count). The Morgan fingerprint density at radius 3 is 2.68 bits per heavy atom. The Kier molecular flexibility index (Phi) is 5.36. The number of para-hydroxylation sites is 1. The van der Waals surface area contributed by atoms with Crippen LogP contribution in [-0.4, -0.2) is 45.9 Å². The fourth-order valence-corrected chi connectivity index (χ4v) is 4.97. The minimum absolute atomic E-state index is 0.0811. The molecule has 7 heteroatoms. The summed E-state index contributed by atoms with van der Waals surface area (Å²) < 4.78 is 13.4. The second-order valence-electron chi connectivity index (χ2n) is 8.06. The highest BCUT2D eigenvalue weighted by molar-refractivity contribution is 7.99. The molecule has 1 atom stereocenters. The minimum atomic E-state index is -0.475. The first-order valence-corrected chi connectivity index (χ1v) is 11.6. The number of hydrogen-bond donors (Lipinski definition) is 1. The summed E-state index contributed by atoms with van der Waals surface area (Å²) in [7, 11) is 0. The number of halogens is 1. The minimum Gasteiger partial charge on any atom is -0.354 e. The van der Waals surface area contributed by atoms with Crippen molar-refractivity contribution >= 4 is 34.5 Å². The second-order valence-corrected chi connectivity index (χ2v) is 9.06. The Balaban J connectivity index is 1.49. The van der Waals surface area contributed by atoms with Gasteiger partial charge in [-0.1, -0.05) is 18.2 Å². The number of amides is 2. The van der Waals surface area contributed by atoms with Crippen molar-refractivity contribution in [1.29, 1.82) is 0 Å². The fraction of sp³-hybridized carbons (Fsp3) is 0.292. The van der Waals surface area contributed by atoms with Crippen molar-refractivity contribution in [2.24, 2.45) is 5.92 Å². The predicted molar refractivity (Wildman–Crippen MR) is 120 cm³/mol. The van der Waals surface area contributed by atoms with Crippen LogP contribution in [0.3, 0.4) is 0 Å². The van der Waals surface area contributed by atoms with Crippen molar-refractivity contribution in [3.8, 4) is 11.3 Å². The number of nitrogens with one attached hydrogen (secondary N) is 1. The molecule has 0 spiro atoms. The van der Waals surface area contributed by atoms with Gasteiger partial charge in [0, 0.05) is 23.2 Å². The normalized spacial score (nSPS) is 18.4. The van der Waals surface area contributed by atoms with E-state index in [-0.39, 0.29) is 17.6 Å². The van der Waals surface area contributed by atoms with Crippen LogP contribution in [0.2, 0.25) is 0 Å². The maximum absolute atomic E-state index is 13.6. The van der Waals surface area contributed by atoms with Crippen molar-refractivity contribution in [3.05, 3.63) is 66.0 Å². The van der Waals surface area contributed by atoms with Crippen LogP contribution in [0.5, 0.6) is 0 Å². The summed E-state index contributed by atoms with van der Waals surface area (Å²) in [6.45, 7) is 0.689. The summed E-state index contributed by atoms with van der Waals surface area (Å²) in [6, 6.07) is 14.8. The SMILES string of the molecule is O=C(NCC1CC1)C1CSCN1C(=O)c1cc(-c2ccc(F)cc2)nc2ccccc12. The van der Waals surface area contributed by atoms with Gasteiger partial charge in [-0.05, 0) is 55.2 Å². The summed E-state index contributed by atoms with van der Waals surface area (Å²) in [6.07, 6.45) is 2.33. The number of thioether (sulfide) groups is 1. The molecule has 2 fully saturated rings. The van der Waals surface area contributed by atoms with Crippen molar-refractivity contribution in [3.63, 3.8) is 0 Å². The molecule has 1 saturated carbocycles. The Morgan fingerprint density at radius 1 is 1.13 bits per heavy atom. The average Bonchev–Trinajstić information content (AvgIpc) is 3.50. The number of fused-ring (bicyclic) bond motifs is 1. The molecule has 31 heavy (non-hydrogen) atoms. The first-order valence-electron chi connectivity index (χ1n) is 10.4. The third kappa shape index (κ3) is 4.14. The van der Waals surface area contributed by atoms with Gasteiger partial charge in [0.25, 0.3) is 5.91 Å². The summed E-state index contributed by atoms with van der Waals surface area (Å²) in [5.41, 5.74) is 2.53. The van der Waals surface area contributed by atoms with Gasteiger partial charge in [-0.2, -0.15) is 0 Å². The maximum atomic E-state index is 13.6. The molecule has 1 saturated heterocycles. The van der Waals surface area contributed by atoms with E-state index in [1.807, 2.05) is 24.3 Å². The van der Waals surface area contributed by atoms with Crippen LogP contribution in [0.25, 0.3) is 22.2 Å². The molecule has 2 aliphatic rings. The highest BCUT2D eigenvalue weighted by atomic mass is 32.2. The van der Waals surface area contributed by atoms with Crippen LogP contribution < -0.4 is 5.32 Å². The molecule has 158 valence electrons. The molecule has 1 N–H and O–H groups in total. The van der Waals surface area contributed by atoms with E-state index in [9.17, 15) is 14.0 Å². The van der Waals surface area contributed by atoms with E-state index >= 15 is 0 Å². The van der Waals surface area contributed by atoms with Gasteiger partial charge in [-0.3, -0.25) is 9.59 Å². The molecule has 1 unspecified atom stereocenters. The standard InChI is InChI=1S/C24H22FN3O2S/c25-17-9-7-16(8-10-17)21-11-19(18-3-1-2-4-20(18)27-21)24(30)28-14-31-13-22(28)23(29)26-12-15-5-6-15/h1-4,7-11,15,22H,5-6,12-14H2,(H,26,29). The zero-order valence-electron chi connectivity index (χ0n) is 16.9. The van der Waals surface area contributed by atoms with Gasteiger partial charge in [-0.15, -0.1) is 11.8 Å². The third-order valence-corrected chi connectivity index (χ3v) is 6.81. The Bertz CT molecular complexity index is 1150. The van der Waals surface area contributed by atoms with E-state index in [2.05, 4.69) is 10.3 Å². The van der Waals surface area contributed by atoms with Crippen LogP contribution in [0.1, 0.15) is 23.2 Å². The maximum Gasteiger partial charge on any atom is 0.256 e.